The molecule has 70 heavy (non-hydrogen) atoms. The Morgan fingerprint density at radius 3 is 1.53 bits per heavy atom. The first-order chi connectivity index (χ1) is 32.6. The number of nitrogens with one attached hydrogen (secondary N) is 5. The maximum atomic E-state index is 13.0. The van der Waals surface area contributed by atoms with E-state index in [-0.39, 0.29) is 59.7 Å². The summed E-state index contributed by atoms with van der Waals surface area (Å²) in [5.41, 5.74) is -1.46. The molecule has 2 aliphatic heterocycles. The van der Waals surface area contributed by atoms with Crippen molar-refractivity contribution in [1.29, 1.82) is 10.5 Å². The molecule has 0 bridgehead atoms. The zero-order chi connectivity index (χ0) is 52.2. The first-order valence-corrected chi connectivity index (χ1v) is 23.0. The average molecular weight is 1030 g/mol. The number of nitrogens with two attached hydrogens (primary N) is 1. The molecule has 2 aromatic heterocycles. The molecule has 0 spiro atoms. The first kappa shape index (κ1) is 56.2. The fourth-order valence-electron chi connectivity index (χ4n) is 7.23. The van der Waals surface area contributed by atoms with Gasteiger partial charge in [0.1, 0.15) is 36.4 Å². The smallest absolute Gasteiger partial charge is 0.394 e. The van der Waals surface area contributed by atoms with Crippen LogP contribution in [0.5, 0.6) is 0 Å². The topological polar surface area (TPSA) is 289 Å². The predicted molar refractivity (Wildman–Crippen MR) is 227 cm³/mol. The van der Waals surface area contributed by atoms with Gasteiger partial charge in [-0.2, -0.15) is 58.5 Å². The molecule has 6 atom stereocenters. The zero-order valence-electron chi connectivity index (χ0n) is 36.8. The van der Waals surface area contributed by atoms with E-state index in [9.17, 15) is 87.2 Å². The molecule has 29 heteroatoms. The molecule has 0 aromatic carbocycles. The number of hydrogen-bond acceptors (Lipinski definition) is 13. The van der Waals surface area contributed by atoms with Gasteiger partial charge in [0.2, 0.25) is 23.6 Å². The summed E-state index contributed by atoms with van der Waals surface area (Å²) in [6.45, 7) is -2.74. The summed E-state index contributed by atoms with van der Waals surface area (Å²) in [7, 11) is -6.15. The van der Waals surface area contributed by atoms with Gasteiger partial charge in [-0.25, -0.2) is 0 Å². The highest BCUT2D eigenvalue weighted by molar-refractivity contribution is 7.87. The fraction of sp³-hybridized carbons (Fsp3) is 0.610. The zero-order valence-corrected chi connectivity index (χ0v) is 37.6. The van der Waals surface area contributed by atoms with Gasteiger partial charge in [-0.15, -0.1) is 0 Å². The normalized spacial score (nSPS) is 19.8. The van der Waals surface area contributed by atoms with Gasteiger partial charge in [0, 0.05) is 37.3 Å². The highest BCUT2D eigenvalue weighted by Crippen LogP contribution is 2.38. The maximum absolute atomic E-state index is 13.0. The minimum absolute atomic E-state index is 0.0823. The van der Waals surface area contributed by atoms with Crippen molar-refractivity contribution >= 4 is 45.1 Å². The van der Waals surface area contributed by atoms with Crippen LogP contribution < -0.4 is 43.4 Å². The van der Waals surface area contributed by atoms with Crippen molar-refractivity contribution in [3.63, 3.8) is 0 Å². The second kappa shape index (κ2) is 24.0. The molecular weight excluding hydrogens is 980 g/mol. The lowest BCUT2D eigenvalue weighted by atomic mass is 9.98. The van der Waals surface area contributed by atoms with Crippen LogP contribution in [0.4, 0.5) is 50.9 Å². The molecule has 2 aliphatic carbocycles. The highest BCUT2D eigenvalue weighted by Gasteiger charge is 2.49. The molecule has 2 saturated heterocycles. The van der Waals surface area contributed by atoms with Crippen molar-refractivity contribution in [1.82, 2.24) is 30.4 Å². The number of amides is 4. The van der Waals surface area contributed by atoms with Crippen LogP contribution in [0.1, 0.15) is 76.3 Å². The van der Waals surface area contributed by atoms with Crippen molar-refractivity contribution in [2.24, 2.45) is 23.7 Å². The minimum Gasteiger partial charge on any atom is -0.394 e. The van der Waals surface area contributed by atoms with E-state index in [0.29, 0.717) is 44.7 Å². The van der Waals surface area contributed by atoms with E-state index in [2.05, 4.69) is 36.8 Å². The number of hydrogen-bond donors (Lipinski definition) is 6. The monoisotopic (exact) mass is 1030 g/mol. The summed E-state index contributed by atoms with van der Waals surface area (Å²) in [4.78, 5) is 74.4. The van der Waals surface area contributed by atoms with Gasteiger partial charge in [0.15, 0.2) is 6.61 Å². The number of halogens is 9. The molecule has 6 rings (SSSR count). The van der Waals surface area contributed by atoms with Crippen molar-refractivity contribution in [3.05, 3.63) is 57.4 Å². The fourth-order valence-corrected chi connectivity index (χ4v) is 7.66. The van der Waals surface area contributed by atoms with Crippen LogP contribution in [0.25, 0.3) is 0 Å². The molecule has 19 nitrogen and oxygen atoms in total. The molecule has 7 N–H and O–H groups in total. The van der Waals surface area contributed by atoms with Gasteiger partial charge >= 0.3 is 28.0 Å². The van der Waals surface area contributed by atoms with E-state index in [1.54, 1.807) is 12.3 Å². The van der Waals surface area contributed by atoms with Gasteiger partial charge in [-0.05, 0) is 74.6 Å². The molecule has 4 heterocycles. The van der Waals surface area contributed by atoms with E-state index in [1.165, 1.54) is 29.0 Å². The first-order valence-electron chi connectivity index (χ1n) is 21.6. The molecule has 2 aromatic rings. The largest absolute Gasteiger partial charge is 0.523 e. The number of rotatable bonds is 18. The Hall–Kier alpha value is -6.36. The summed E-state index contributed by atoms with van der Waals surface area (Å²) in [5, 5.41) is 31.6. The van der Waals surface area contributed by atoms with E-state index < -0.39 is 82.3 Å². The Morgan fingerprint density at radius 1 is 0.714 bits per heavy atom. The van der Waals surface area contributed by atoms with Crippen LogP contribution in [0.15, 0.2) is 46.2 Å². The number of nitrogen functional groups attached to an aromatic ring is 1. The number of nitrogens with zero attached hydrogens (tertiary/aromatic N) is 4. The third-order valence-electron chi connectivity index (χ3n) is 11.2. The number of carbonyl (C=O) groups excluding carboxylic acids is 4. The van der Waals surface area contributed by atoms with Crippen LogP contribution in [0.3, 0.4) is 0 Å². The maximum Gasteiger partial charge on any atom is 0.523 e. The van der Waals surface area contributed by atoms with Crippen LogP contribution in [-0.2, 0) is 33.5 Å². The second-order valence-electron chi connectivity index (χ2n) is 16.9. The summed E-state index contributed by atoms with van der Waals surface area (Å²) in [5.74, 6) is -1.19. The Balaban J connectivity index is 0.000000247. The Morgan fingerprint density at radius 2 is 1.16 bits per heavy atom. The lowest BCUT2D eigenvalue weighted by molar-refractivity contribution is -0.156. The van der Waals surface area contributed by atoms with Gasteiger partial charge in [-0.3, -0.25) is 33.0 Å². The van der Waals surface area contributed by atoms with Crippen molar-refractivity contribution in [2.45, 2.75) is 106 Å². The van der Waals surface area contributed by atoms with Gasteiger partial charge in [-0.1, -0.05) is 25.7 Å². The van der Waals surface area contributed by atoms with Crippen molar-refractivity contribution < 1.29 is 71.3 Å². The standard InChI is InChI=1S/C20H24F3N5O3.C18H23N5O3.C3H2F6O3S/c21-20(22,23)11-26-15-2-1-7-28(19(15)31)16(8-12-3-4-12)18(30)27-14(10-24)9-13-5-6-25-17(13)29;19-10-13(9-12-5-6-21-16(12)24)22-17(25)15(8-11-3-4-11)23-7-1-2-14(20)18(23)26;4-2(5,6)1-12-13(10,11)3(7,8)9/h1-2,7,12-14,16,26H,3-6,8-9,11H2,(H,25,29)(H,27,30);1-2,7,11-13,15H,3-6,8-9,20H2,(H,21,24)(H,22,25);1H2/t13-,14-,16?;12-,13-,15?;/m00./s1. The third kappa shape index (κ3) is 17.6. The Kier molecular flexibility index (Phi) is 19.3. The third-order valence-corrected chi connectivity index (χ3v) is 12.2. The molecule has 386 valence electrons. The van der Waals surface area contributed by atoms with E-state index in [0.717, 1.165) is 30.3 Å². The average Bonchev–Trinajstić information content (AvgIpc) is 4.21. The summed E-state index contributed by atoms with van der Waals surface area (Å²) in [6.07, 6.45) is -0.300. The van der Waals surface area contributed by atoms with E-state index in [1.807, 2.05) is 6.07 Å². The summed E-state index contributed by atoms with van der Waals surface area (Å²) >= 11 is 0. The van der Waals surface area contributed by atoms with Crippen molar-refractivity contribution in [3.8, 4) is 12.1 Å². The van der Waals surface area contributed by atoms with Gasteiger partial charge < -0.3 is 41.5 Å². The second-order valence-corrected chi connectivity index (χ2v) is 18.5. The Labute approximate surface area is 393 Å². The van der Waals surface area contributed by atoms with Crippen LogP contribution in [0.2, 0.25) is 0 Å². The number of pyridine rings is 2. The number of aromatic nitrogens is 2. The van der Waals surface area contributed by atoms with Crippen LogP contribution >= 0.6 is 0 Å². The number of alkyl halides is 9. The van der Waals surface area contributed by atoms with Crippen LogP contribution in [-0.4, -0.2) is 97.4 Å². The Bertz CT molecular complexity index is 2500. The summed E-state index contributed by atoms with van der Waals surface area (Å²) < 4.78 is 130. The van der Waals surface area contributed by atoms with E-state index >= 15 is 0 Å². The summed E-state index contributed by atoms with van der Waals surface area (Å²) in [6, 6.07) is 6.47. The molecule has 2 unspecified atom stereocenters. The van der Waals surface area contributed by atoms with Crippen LogP contribution in [0, 0.1) is 46.3 Å². The quantitative estimate of drug-likeness (QED) is 0.0710. The molecule has 4 fully saturated rings. The number of anilines is 2. The molecule has 2 saturated carbocycles. The van der Waals surface area contributed by atoms with Gasteiger partial charge in [0.25, 0.3) is 11.1 Å². The lowest BCUT2D eigenvalue weighted by Crippen LogP contribution is -2.43. The van der Waals surface area contributed by atoms with E-state index in [4.69, 9.17) is 5.73 Å². The molecular formula is C41H49F9N10O9S. The number of carbonyl (C=O) groups is 4. The molecule has 4 aliphatic rings. The molecule has 0 radical (unpaired) electrons. The SMILES string of the molecule is N#C[C@H](C[C@@H]1CCNC1=O)NC(=O)C(CC1CC1)n1cccc(N)c1=O.N#C[C@H](C[C@@H]1CCNC1=O)NC(=O)C(CC1CC1)n1cccc(NCC(F)(F)F)c1=O.O=S(=O)(OCC(F)(F)F)C(F)(F)F. The molecule has 4 amide bonds. The minimum atomic E-state index is -6.15. The number of nitriles is 2. The van der Waals surface area contributed by atoms with Gasteiger partial charge in [0.05, 0.1) is 17.8 Å². The lowest BCUT2D eigenvalue weighted by Gasteiger charge is -2.22. The highest BCUT2D eigenvalue weighted by atomic mass is 32.2. The predicted octanol–water partition coefficient (Wildman–Crippen LogP) is 3.42. The van der Waals surface area contributed by atoms with Crippen molar-refractivity contribution in [2.75, 3.05) is 37.3 Å².